The molecule has 0 fully saturated rings. The van der Waals surface area contributed by atoms with Gasteiger partial charge in [0.1, 0.15) is 0 Å². The number of carbonyl (C=O) groups is 2. The topological polar surface area (TPSA) is 43.4 Å². The molecule has 1 aromatic heterocycles. The third kappa shape index (κ3) is 1.06. The van der Waals surface area contributed by atoms with Crippen molar-refractivity contribution in [1.29, 1.82) is 0 Å². The molecule has 0 unspecified atom stereocenters. The molecule has 0 bridgehead atoms. The molecule has 1 aromatic rings. The molecule has 0 aliphatic carbocycles. The van der Waals surface area contributed by atoms with Crippen LogP contribution in [-0.2, 0) is 14.3 Å². The summed E-state index contributed by atoms with van der Waals surface area (Å²) in [6.45, 7) is 0. The number of cyclic esters (lactones) is 1. The number of thiophene rings is 1. The van der Waals surface area contributed by atoms with Crippen LogP contribution in [-0.4, -0.2) is 11.8 Å². The molecule has 4 heteroatoms. The van der Waals surface area contributed by atoms with Crippen molar-refractivity contribution in [1.82, 2.24) is 0 Å². The lowest BCUT2D eigenvalue weighted by atomic mass is 10.3. The van der Waals surface area contributed by atoms with Crippen LogP contribution in [0.4, 0.5) is 0 Å². The number of esters is 1. The second-order valence-corrected chi connectivity index (χ2v) is 3.19. The van der Waals surface area contributed by atoms with Crippen molar-refractivity contribution in [2.75, 3.05) is 0 Å². The summed E-state index contributed by atoms with van der Waals surface area (Å²) in [5.41, 5.74) is 0. The maximum absolute atomic E-state index is 10.7. The van der Waals surface area contributed by atoms with Gasteiger partial charge in [-0.25, -0.2) is 4.79 Å². The molecule has 0 radical (unpaired) electrons. The molecular formula is C8H4O3S. The Kier molecular flexibility index (Phi) is 1.55. The van der Waals surface area contributed by atoms with Crippen molar-refractivity contribution in [2.45, 2.75) is 0 Å². The number of rotatable bonds is 1. The van der Waals surface area contributed by atoms with Crippen LogP contribution in [0, 0.1) is 0 Å². The minimum Gasteiger partial charge on any atom is -0.419 e. The Bertz CT molecular complexity index is 362. The highest BCUT2D eigenvalue weighted by Gasteiger charge is 2.25. The smallest absolute Gasteiger partial charge is 0.384 e. The van der Waals surface area contributed by atoms with Crippen LogP contribution in [0.3, 0.4) is 0 Å². The number of hydrogen-bond donors (Lipinski definition) is 0. The van der Waals surface area contributed by atoms with Crippen molar-refractivity contribution in [3.8, 4) is 0 Å². The van der Waals surface area contributed by atoms with Crippen LogP contribution in [0.2, 0.25) is 0 Å². The first-order chi connectivity index (χ1) is 5.77. The summed E-state index contributed by atoms with van der Waals surface area (Å²) < 4.78 is 4.70. The zero-order valence-corrected chi connectivity index (χ0v) is 6.76. The van der Waals surface area contributed by atoms with E-state index < -0.39 is 11.8 Å². The normalized spacial score (nSPS) is 16.2. The molecule has 12 heavy (non-hydrogen) atoms. The standard InChI is InChI=1S/C8H4O3S/c9-5-4-6(11-8(5)10)7-2-1-3-12-7/h1-4H. The zero-order chi connectivity index (χ0) is 8.55. The van der Waals surface area contributed by atoms with E-state index in [4.69, 9.17) is 4.74 Å². The number of carbonyl (C=O) groups excluding carboxylic acids is 2. The Morgan fingerprint density at radius 2 is 2.17 bits per heavy atom. The van der Waals surface area contributed by atoms with Gasteiger partial charge in [-0.05, 0) is 11.4 Å². The maximum atomic E-state index is 10.7. The third-order valence-corrected chi connectivity index (χ3v) is 2.31. The summed E-state index contributed by atoms with van der Waals surface area (Å²) in [5.74, 6) is -1.02. The second-order valence-electron chi connectivity index (χ2n) is 2.24. The maximum Gasteiger partial charge on any atom is 0.384 e. The first-order valence-corrected chi connectivity index (χ1v) is 4.17. The fraction of sp³-hybridized carbons (Fsp3) is 0. The van der Waals surface area contributed by atoms with Gasteiger partial charge in [0, 0.05) is 6.08 Å². The molecule has 1 aliphatic rings. The molecule has 0 amide bonds. The first kappa shape index (κ1) is 7.24. The summed E-state index contributed by atoms with van der Waals surface area (Å²) in [5, 5.41) is 1.85. The van der Waals surface area contributed by atoms with Gasteiger partial charge in [-0.2, -0.15) is 0 Å². The van der Waals surface area contributed by atoms with Crippen molar-refractivity contribution < 1.29 is 14.3 Å². The summed E-state index contributed by atoms with van der Waals surface area (Å²) in [6, 6.07) is 3.62. The molecule has 0 spiro atoms. The van der Waals surface area contributed by atoms with Gasteiger partial charge < -0.3 is 4.74 Å². The van der Waals surface area contributed by atoms with E-state index in [-0.39, 0.29) is 0 Å². The van der Waals surface area contributed by atoms with E-state index in [1.165, 1.54) is 17.4 Å². The van der Waals surface area contributed by atoms with Gasteiger partial charge in [-0.3, -0.25) is 4.79 Å². The van der Waals surface area contributed by atoms with E-state index in [9.17, 15) is 9.59 Å². The molecule has 2 heterocycles. The highest BCUT2D eigenvalue weighted by Crippen LogP contribution is 2.24. The van der Waals surface area contributed by atoms with Crippen LogP contribution in [0.15, 0.2) is 23.6 Å². The largest absolute Gasteiger partial charge is 0.419 e. The Morgan fingerprint density at radius 1 is 1.33 bits per heavy atom. The minimum atomic E-state index is -0.793. The van der Waals surface area contributed by atoms with Gasteiger partial charge >= 0.3 is 5.97 Å². The van der Waals surface area contributed by atoms with Crippen LogP contribution in [0.5, 0.6) is 0 Å². The Hall–Kier alpha value is -1.42. The zero-order valence-electron chi connectivity index (χ0n) is 5.94. The van der Waals surface area contributed by atoms with Crippen LogP contribution in [0.25, 0.3) is 5.76 Å². The summed E-state index contributed by atoms with van der Waals surface area (Å²) in [4.78, 5) is 22.2. The lowest BCUT2D eigenvalue weighted by molar-refractivity contribution is -0.144. The number of hydrogen-bond acceptors (Lipinski definition) is 4. The van der Waals surface area contributed by atoms with Gasteiger partial charge in [0.05, 0.1) is 4.88 Å². The monoisotopic (exact) mass is 180 g/mol. The molecule has 0 aromatic carbocycles. The number of ether oxygens (including phenoxy) is 1. The third-order valence-electron chi connectivity index (χ3n) is 1.43. The molecule has 0 saturated heterocycles. The fourth-order valence-electron chi connectivity index (χ4n) is 0.898. The second kappa shape index (κ2) is 2.57. The first-order valence-electron chi connectivity index (χ1n) is 3.29. The summed E-state index contributed by atoms with van der Waals surface area (Å²) in [7, 11) is 0. The SMILES string of the molecule is O=C1C=C(c2cccs2)OC1=O. The molecule has 60 valence electrons. The summed E-state index contributed by atoms with van der Waals surface area (Å²) in [6.07, 6.45) is 1.22. The Morgan fingerprint density at radius 3 is 2.67 bits per heavy atom. The lowest BCUT2D eigenvalue weighted by Gasteiger charge is -1.94. The van der Waals surface area contributed by atoms with Crippen molar-refractivity contribution in [2.24, 2.45) is 0 Å². The van der Waals surface area contributed by atoms with Gasteiger partial charge in [-0.15, -0.1) is 11.3 Å². The molecule has 0 atom stereocenters. The Labute approximate surface area is 72.3 Å². The average molecular weight is 180 g/mol. The quantitative estimate of drug-likeness (QED) is 0.482. The van der Waals surface area contributed by atoms with E-state index in [1.807, 2.05) is 11.4 Å². The van der Waals surface area contributed by atoms with Crippen LogP contribution in [0.1, 0.15) is 4.88 Å². The van der Waals surface area contributed by atoms with Gasteiger partial charge in [0.2, 0.25) is 0 Å². The number of ketones is 1. The minimum absolute atomic E-state index is 0.361. The van der Waals surface area contributed by atoms with Gasteiger partial charge in [-0.1, -0.05) is 6.07 Å². The van der Waals surface area contributed by atoms with Crippen molar-refractivity contribution in [3.63, 3.8) is 0 Å². The molecule has 0 N–H and O–H groups in total. The van der Waals surface area contributed by atoms with Crippen LogP contribution >= 0.6 is 11.3 Å². The molecule has 2 rings (SSSR count). The molecule has 0 saturated carbocycles. The van der Waals surface area contributed by atoms with Crippen LogP contribution < -0.4 is 0 Å². The van der Waals surface area contributed by atoms with E-state index in [1.54, 1.807) is 6.07 Å². The predicted molar refractivity (Wildman–Crippen MR) is 43.4 cm³/mol. The predicted octanol–water partition coefficient (Wildman–Crippen LogP) is 1.21. The molecule has 3 nitrogen and oxygen atoms in total. The average Bonchev–Trinajstić information content (AvgIpc) is 2.61. The van der Waals surface area contributed by atoms with Gasteiger partial charge in [0.25, 0.3) is 5.78 Å². The summed E-state index contributed by atoms with van der Waals surface area (Å²) >= 11 is 1.43. The van der Waals surface area contributed by atoms with Crippen molar-refractivity contribution >= 4 is 28.8 Å². The van der Waals surface area contributed by atoms with E-state index in [0.29, 0.717) is 5.76 Å². The van der Waals surface area contributed by atoms with E-state index in [0.717, 1.165) is 4.88 Å². The molecular weight excluding hydrogens is 176 g/mol. The molecule has 1 aliphatic heterocycles. The van der Waals surface area contributed by atoms with E-state index >= 15 is 0 Å². The highest BCUT2D eigenvalue weighted by atomic mass is 32.1. The van der Waals surface area contributed by atoms with E-state index in [2.05, 4.69) is 0 Å². The van der Waals surface area contributed by atoms with Crippen molar-refractivity contribution in [3.05, 3.63) is 28.5 Å². The van der Waals surface area contributed by atoms with Gasteiger partial charge in [0.15, 0.2) is 5.76 Å². The lowest BCUT2D eigenvalue weighted by Crippen LogP contribution is -2.05. The fourth-order valence-corrected chi connectivity index (χ4v) is 1.58. The highest BCUT2D eigenvalue weighted by molar-refractivity contribution is 7.11. The Balaban J connectivity index is 2.35.